The molecule has 134 valence electrons. The molecule has 0 radical (unpaired) electrons. The molecule has 0 spiro atoms. The van der Waals surface area contributed by atoms with E-state index in [9.17, 15) is 9.90 Å². The highest BCUT2D eigenvalue weighted by Gasteiger charge is 2.25. The summed E-state index contributed by atoms with van der Waals surface area (Å²) >= 11 is 4.87. The number of hydrogen-bond donors (Lipinski definition) is 3. The lowest BCUT2D eigenvalue weighted by Crippen LogP contribution is -2.41. The van der Waals surface area contributed by atoms with Gasteiger partial charge in [0.1, 0.15) is 0 Å². The Kier molecular flexibility index (Phi) is 5.99. The number of hydrogen-bond acceptors (Lipinski definition) is 5. The van der Waals surface area contributed by atoms with Crippen molar-refractivity contribution in [2.24, 2.45) is 5.92 Å². The highest BCUT2D eigenvalue weighted by atomic mass is 32.1. The van der Waals surface area contributed by atoms with Crippen LogP contribution in [0.3, 0.4) is 0 Å². The van der Waals surface area contributed by atoms with Crippen LogP contribution in [0.25, 0.3) is 11.5 Å². The molecule has 7 heteroatoms. The van der Waals surface area contributed by atoms with Crippen molar-refractivity contribution >= 4 is 18.1 Å². The third kappa shape index (κ3) is 4.55. The molecule has 1 heterocycles. The van der Waals surface area contributed by atoms with E-state index in [-0.39, 0.29) is 23.4 Å². The Labute approximate surface area is 151 Å². The molecule has 0 saturated heterocycles. The second-order valence-corrected chi connectivity index (χ2v) is 6.86. The summed E-state index contributed by atoms with van der Waals surface area (Å²) in [4.78, 5) is 12.8. The molecule has 1 aliphatic carbocycles. The van der Waals surface area contributed by atoms with E-state index in [1.54, 1.807) is 24.3 Å². The first-order valence-electron chi connectivity index (χ1n) is 8.75. The summed E-state index contributed by atoms with van der Waals surface area (Å²) in [5.74, 6) is 0.744. The largest absolute Gasteiger partial charge is 0.409 e. The molecule has 0 unspecified atom stereocenters. The van der Waals surface area contributed by atoms with Crippen molar-refractivity contribution < 1.29 is 14.3 Å². The van der Waals surface area contributed by atoms with E-state index < -0.39 is 0 Å². The molecule has 1 aromatic carbocycles. The van der Waals surface area contributed by atoms with Gasteiger partial charge in [0.05, 0.1) is 0 Å². The lowest BCUT2D eigenvalue weighted by molar-refractivity contribution is 0.0899. The molecule has 1 aliphatic rings. The number of aliphatic hydroxyl groups excluding tert-OH is 1. The zero-order chi connectivity index (χ0) is 17.6. The highest BCUT2D eigenvalue weighted by molar-refractivity contribution is 7.71. The van der Waals surface area contributed by atoms with Crippen molar-refractivity contribution in [2.75, 3.05) is 6.61 Å². The number of rotatable bonds is 6. The van der Waals surface area contributed by atoms with Gasteiger partial charge in [-0.15, -0.1) is 5.10 Å². The molecule has 2 aromatic rings. The van der Waals surface area contributed by atoms with E-state index in [1.807, 2.05) is 0 Å². The first-order chi connectivity index (χ1) is 12.2. The van der Waals surface area contributed by atoms with Gasteiger partial charge in [-0.05, 0) is 61.7 Å². The van der Waals surface area contributed by atoms with Crippen molar-refractivity contribution in [3.8, 4) is 11.5 Å². The zero-order valence-corrected chi connectivity index (χ0v) is 14.8. The number of H-pyrrole nitrogens is 1. The monoisotopic (exact) mass is 361 g/mol. The number of benzene rings is 1. The van der Waals surface area contributed by atoms with Crippen LogP contribution in [-0.2, 0) is 0 Å². The molecule has 0 aliphatic heterocycles. The van der Waals surface area contributed by atoms with Crippen LogP contribution < -0.4 is 5.32 Å². The van der Waals surface area contributed by atoms with Gasteiger partial charge < -0.3 is 14.8 Å². The second-order valence-electron chi connectivity index (χ2n) is 6.49. The normalized spacial score (nSPS) is 16.5. The van der Waals surface area contributed by atoms with Crippen LogP contribution in [0.15, 0.2) is 28.7 Å². The molecule has 6 nitrogen and oxygen atoms in total. The molecular weight excluding hydrogens is 338 g/mol. The SMILES string of the molecule is O=C(N[C@@H](CCO)C1CCCCC1)c1ccc(-c2n[nH]c(=S)o2)cc1. The molecular formula is C18H23N3O3S. The minimum absolute atomic E-state index is 0.0293. The third-order valence-electron chi connectivity index (χ3n) is 4.81. The van der Waals surface area contributed by atoms with Crippen LogP contribution in [-0.4, -0.2) is 33.9 Å². The molecule has 3 N–H and O–H groups in total. The molecule has 25 heavy (non-hydrogen) atoms. The average Bonchev–Trinajstić information content (AvgIpc) is 3.08. The van der Waals surface area contributed by atoms with Crippen LogP contribution >= 0.6 is 12.2 Å². The molecule has 1 fully saturated rings. The minimum atomic E-state index is -0.113. The Morgan fingerprint density at radius 3 is 2.64 bits per heavy atom. The van der Waals surface area contributed by atoms with E-state index >= 15 is 0 Å². The fraction of sp³-hybridized carbons (Fsp3) is 0.500. The van der Waals surface area contributed by atoms with Gasteiger partial charge in [0, 0.05) is 23.8 Å². The van der Waals surface area contributed by atoms with Crippen LogP contribution in [0.1, 0.15) is 48.9 Å². The first-order valence-corrected chi connectivity index (χ1v) is 9.16. The lowest BCUT2D eigenvalue weighted by atomic mass is 9.82. The summed E-state index contributed by atoms with van der Waals surface area (Å²) in [6, 6.07) is 7.08. The Bertz CT molecular complexity index is 747. The summed E-state index contributed by atoms with van der Waals surface area (Å²) in [7, 11) is 0. The van der Waals surface area contributed by atoms with Crippen molar-refractivity contribution in [3.63, 3.8) is 0 Å². The van der Waals surface area contributed by atoms with Crippen molar-refractivity contribution in [2.45, 2.75) is 44.6 Å². The van der Waals surface area contributed by atoms with Gasteiger partial charge in [0.2, 0.25) is 5.89 Å². The van der Waals surface area contributed by atoms with Gasteiger partial charge in [-0.2, -0.15) is 0 Å². The van der Waals surface area contributed by atoms with Crippen LogP contribution in [0.5, 0.6) is 0 Å². The molecule has 3 rings (SSSR count). The maximum absolute atomic E-state index is 12.6. The van der Waals surface area contributed by atoms with Crippen LogP contribution in [0.4, 0.5) is 0 Å². The van der Waals surface area contributed by atoms with Gasteiger partial charge in [0.25, 0.3) is 10.7 Å². The van der Waals surface area contributed by atoms with E-state index in [4.69, 9.17) is 16.6 Å². The van der Waals surface area contributed by atoms with E-state index in [1.165, 1.54) is 19.3 Å². The summed E-state index contributed by atoms with van der Waals surface area (Å²) in [5.41, 5.74) is 1.33. The Morgan fingerprint density at radius 2 is 2.04 bits per heavy atom. The standard InChI is InChI=1S/C18H23N3O3S/c22-11-10-15(12-4-2-1-3-5-12)19-16(23)13-6-8-14(9-7-13)17-20-21-18(25)24-17/h6-9,12,15,22H,1-5,10-11H2,(H,19,23)(H,21,25)/t15-/m0/s1. The van der Waals surface area contributed by atoms with Crippen LogP contribution in [0.2, 0.25) is 0 Å². The number of aliphatic hydroxyl groups is 1. The van der Waals surface area contributed by atoms with E-state index in [0.717, 1.165) is 18.4 Å². The Balaban J connectivity index is 1.67. The van der Waals surface area contributed by atoms with E-state index in [2.05, 4.69) is 15.5 Å². The maximum atomic E-state index is 12.6. The van der Waals surface area contributed by atoms with Crippen molar-refractivity contribution in [1.29, 1.82) is 0 Å². The number of amides is 1. The lowest BCUT2D eigenvalue weighted by Gasteiger charge is -2.30. The maximum Gasteiger partial charge on any atom is 0.284 e. The van der Waals surface area contributed by atoms with E-state index in [0.29, 0.717) is 23.8 Å². The number of aromatic nitrogens is 2. The summed E-state index contributed by atoms with van der Waals surface area (Å²) in [6.07, 6.45) is 6.51. The second kappa shape index (κ2) is 8.40. The smallest absolute Gasteiger partial charge is 0.284 e. The zero-order valence-electron chi connectivity index (χ0n) is 14.0. The first kappa shape index (κ1) is 17.8. The predicted octanol–water partition coefficient (Wildman–Crippen LogP) is 3.46. The predicted molar refractivity (Wildman–Crippen MR) is 96.7 cm³/mol. The average molecular weight is 361 g/mol. The number of carbonyl (C=O) groups excluding carboxylic acids is 1. The minimum Gasteiger partial charge on any atom is -0.409 e. The van der Waals surface area contributed by atoms with Gasteiger partial charge in [0.15, 0.2) is 0 Å². The fourth-order valence-corrected chi connectivity index (χ4v) is 3.60. The van der Waals surface area contributed by atoms with Gasteiger partial charge >= 0.3 is 0 Å². The third-order valence-corrected chi connectivity index (χ3v) is 4.98. The summed E-state index contributed by atoms with van der Waals surface area (Å²) in [6.45, 7) is 0.0878. The van der Waals surface area contributed by atoms with Gasteiger partial charge in [-0.1, -0.05) is 19.3 Å². The Morgan fingerprint density at radius 1 is 1.32 bits per heavy atom. The molecule has 1 saturated carbocycles. The highest BCUT2D eigenvalue weighted by Crippen LogP contribution is 2.28. The number of nitrogens with zero attached hydrogens (tertiary/aromatic N) is 1. The molecule has 1 amide bonds. The van der Waals surface area contributed by atoms with Gasteiger partial charge in [-0.25, -0.2) is 5.10 Å². The van der Waals surface area contributed by atoms with Crippen molar-refractivity contribution in [3.05, 3.63) is 34.7 Å². The molecule has 0 bridgehead atoms. The van der Waals surface area contributed by atoms with Crippen LogP contribution in [0, 0.1) is 10.8 Å². The summed E-state index contributed by atoms with van der Waals surface area (Å²) in [5, 5.41) is 19.0. The molecule has 1 atom stereocenters. The molecule has 1 aromatic heterocycles. The number of carbonyl (C=O) groups is 1. The Hall–Kier alpha value is -1.99. The van der Waals surface area contributed by atoms with Crippen molar-refractivity contribution in [1.82, 2.24) is 15.5 Å². The van der Waals surface area contributed by atoms with Gasteiger partial charge in [-0.3, -0.25) is 4.79 Å². The number of nitrogens with one attached hydrogen (secondary N) is 2. The fourth-order valence-electron chi connectivity index (χ4n) is 3.47. The quantitative estimate of drug-likeness (QED) is 0.686. The number of aromatic amines is 1. The summed E-state index contributed by atoms with van der Waals surface area (Å²) < 4.78 is 5.27. The topological polar surface area (TPSA) is 91.1 Å².